The molecule has 1 unspecified atom stereocenters. The van der Waals surface area contributed by atoms with Crippen LogP contribution >= 0.6 is 0 Å². The molecule has 3 nitrogen and oxygen atoms in total. The first-order valence-corrected chi connectivity index (χ1v) is 6.26. The van der Waals surface area contributed by atoms with E-state index in [0.29, 0.717) is 0 Å². The molecule has 0 radical (unpaired) electrons. The van der Waals surface area contributed by atoms with E-state index in [2.05, 4.69) is 12.1 Å². The maximum absolute atomic E-state index is 10.6. The largest absolute Gasteiger partial charge is 0.481 e. The van der Waals surface area contributed by atoms with Crippen molar-refractivity contribution in [2.24, 2.45) is 5.73 Å². The average molecular weight is 233 g/mol. The van der Waals surface area contributed by atoms with Crippen molar-refractivity contribution in [1.29, 1.82) is 0 Å². The molecule has 2 rings (SSSR count). The molecule has 0 bridgehead atoms. The first-order chi connectivity index (χ1) is 8.16. The molecule has 3 heteroatoms. The van der Waals surface area contributed by atoms with Gasteiger partial charge in [0.05, 0.1) is 6.42 Å². The van der Waals surface area contributed by atoms with E-state index in [-0.39, 0.29) is 12.5 Å². The zero-order chi connectivity index (χ0) is 12.3. The zero-order valence-electron chi connectivity index (χ0n) is 9.98. The Labute approximate surface area is 102 Å². The molecule has 0 amide bonds. The quantitative estimate of drug-likeness (QED) is 0.788. The lowest BCUT2D eigenvalue weighted by Crippen LogP contribution is -2.15. The number of hydrogen-bond donors (Lipinski definition) is 2. The molecular formula is C14H19NO2. The maximum atomic E-state index is 10.6. The molecule has 0 spiro atoms. The summed E-state index contributed by atoms with van der Waals surface area (Å²) in [5.41, 5.74) is 9.61. The zero-order valence-corrected chi connectivity index (χ0v) is 9.98. The van der Waals surface area contributed by atoms with Gasteiger partial charge in [0.25, 0.3) is 0 Å². The number of fused-ring (bicyclic) bond motifs is 1. The monoisotopic (exact) mass is 233 g/mol. The fourth-order valence-electron chi connectivity index (χ4n) is 2.47. The van der Waals surface area contributed by atoms with Gasteiger partial charge in [-0.15, -0.1) is 0 Å². The number of benzene rings is 1. The van der Waals surface area contributed by atoms with Crippen LogP contribution in [0.15, 0.2) is 18.2 Å². The van der Waals surface area contributed by atoms with E-state index < -0.39 is 5.97 Å². The Balaban J connectivity index is 2.20. The first kappa shape index (κ1) is 12.1. The van der Waals surface area contributed by atoms with E-state index in [1.807, 2.05) is 6.07 Å². The van der Waals surface area contributed by atoms with Crippen molar-refractivity contribution in [2.75, 3.05) is 0 Å². The Morgan fingerprint density at radius 3 is 2.65 bits per heavy atom. The van der Waals surface area contributed by atoms with E-state index in [0.717, 1.165) is 18.4 Å². The van der Waals surface area contributed by atoms with Crippen molar-refractivity contribution in [3.05, 3.63) is 34.9 Å². The van der Waals surface area contributed by atoms with E-state index in [4.69, 9.17) is 10.8 Å². The average Bonchev–Trinajstić information content (AvgIpc) is 2.51. The molecule has 0 heterocycles. The Hall–Kier alpha value is -1.35. The Morgan fingerprint density at radius 2 is 1.94 bits per heavy atom. The third-order valence-electron chi connectivity index (χ3n) is 3.45. The number of carbonyl (C=O) groups is 1. The number of hydrogen-bond acceptors (Lipinski definition) is 2. The van der Waals surface area contributed by atoms with Crippen molar-refractivity contribution >= 4 is 5.97 Å². The van der Waals surface area contributed by atoms with Gasteiger partial charge >= 0.3 is 5.97 Å². The molecule has 1 aromatic rings. The smallest absolute Gasteiger partial charge is 0.305 e. The Bertz CT molecular complexity index is 415. The maximum Gasteiger partial charge on any atom is 0.305 e. The van der Waals surface area contributed by atoms with E-state index in [1.54, 1.807) is 0 Å². The number of carboxylic acids is 1. The van der Waals surface area contributed by atoms with Gasteiger partial charge in [0, 0.05) is 6.04 Å². The van der Waals surface area contributed by atoms with Gasteiger partial charge in [0.15, 0.2) is 0 Å². The van der Waals surface area contributed by atoms with Crippen LogP contribution in [-0.4, -0.2) is 11.1 Å². The molecule has 0 aromatic heterocycles. The molecule has 0 saturated heterocycles. The minimum Gasteiger partial charge on any atom is -0.481 e. The van der Waals surface area contributed by atoms with Crippen LogP contribution in [0.25, 0.3) is 0 Å². The Kier molecular flexibility index (Phi) is 3.79. The first-order valence-electron chi connectivity index (χ1n) is 6.26. The van der Waals surface area contributed by atoms with E-state index in [9.17, 15) is 4.79 Å². The summed E-state index contributed by atoms with van der Waals surface area (Å²) in [6.07, 6.45) is 6.01. The lowest BCUT2D eigenvalue weighted by molar-refractivity contribution is -0.137. The normalized spacial score (nSPS) is 17.0. The highest BCUT2D eigenvalue weighted by Crippen LogP contribution is 2.24. The topological polar surface area (TPSA) is 63.3 Å². The minimum absolute atomic E-state index is 0.00120. The predicted molar refractivity (Wildman–Crippen MR) is 66.9 cm³/mol. The van der Waals surface area contributed by atoms with Crippen molar-refractivity contribution in [2.45, 2.75) is 44.6 Å². The number of aryl methyl sites for hydroxylation is 2. The molecule has 17 heavy (non-hydrogen) atoms. The van der Waals surface area contributed by atoms with Crippen molar-refractivity contribution < 1.29 is 9.90 Å². The third-order valence-corrected chi connectivity index (χ3v) is 3.45. The van der Waals surface area contributed by atoms with Gasteiger partial charge in [-0.2, -0.15) is 0 Å². The fraction of sp³-hybridized carbons (Fsp3) is 0.500. The Morgan fingerprint density at radius 1 is 1.24 bits per heavy atom. The number of nitrogens with two attached hydrogens (primary N) is 1. The summed E-state index contributed by atoms with van der Waals surface area (Å²) in [6, 6.07) is 5.82. The number of aliphatic carboxylic acids is 1. The van der Waals surface area contributed by atoms with Gasteiger partial charge in [0.1, 0.15) is 0 Å². The molecule has 3 N–H and O–H groups in total. The second-order valence-electron chi connectivity index (χ2n) is 4.79. The molecule has 1 atom stereocenters. The second kappa shape index (κ2) is 5.32. The van der Waals surface area contributed by atoms with Crippen LogP contribution in [0, 0.1) is 0 Å². The summed E-state index contributed by atoms with van der Waals surface area (Å²) in [6.45, 7) is 0. The summed E-state index contributed by atoms with van der Waals surface area (Å²) in [5, 5.41) is 8.75. The van der Waals surface area contributed by atoms with Gasteiger partial charge in [-0.3, -0.25) is 4.79 Å². The summed E-state index contributed by atoms with van der Waals surface area (Å²) < 4.78 is 0. The van der Waals surface area contributed by atoms with Crippen LogP contribution in [0.4, 0.5) is 0 Å². The molecule has 92 valence electrons. The van der Waals surface area contributed by atoms with Crippen LogP contribution in [0.3, 0.4) is 0 Å². The third kappa shape index (κ3) is 3.07. The number of rotatable bonds is 3. The van der Waals surface area contributed by atoms with Gasteiger partial charge in [0.2, 0.25) is 0 Å². The fourth-order valence-corrected chi connectivity index (χ4v) is 2.47. The van der Waals surface area contributed by atoms with Crippen LogP contribution in [-0.2, 0) is 17.6 Å². The highest BCUT2D eigenvalue weighted by molar-refractivity contribution is 5.67. The van der Waals surface area contributed by atoms with Gasteiger partial charge in [-0.05, 0) is 42.4 Å². The summed E-state index contributed by atoms with van der Waals surface area (Å²) >= 11 is 0. The van der Waals surface area contributed by atoms with Crippen LogP contribution < -0.4 is 5.73 Å². The predicted octanol–water partition coefficient (Wildman–Crippen LogP) is 2.43. The van der Waals surface area contributed by atoms with Crippen molar-refractivity contribution in [3.8, 4) is 0 Å². The second-order valence-corrected chi connectivity index (χ2v) is 4.79. The molecule has 1 aliphatic carbocycles. The molecule has 0 fully saturated rings. The summed E-state index contributed by atoms with van der Waals surface area (Å²) in [7, 11) is 0. The SMILES string of the molecule is NC(CC(=O)O)c1ccc2c(c1)CCCCC2. The minimum atomic E-state index is -0.840. The van der Waals surface area contributed by atoms with Crippen LogP contribution in [0.2, 0.25) is 0 Å². The van der Waals surface area contributed by atoms with Crippen LogP contribution in [0.5, 0.6) is 0 Å². The highest BCUT2D eigenvalue weighted by Gasteiger charge is 2.14. The van der Waals surface area contributed by atoms with Crippen LogP contribution in [0.1, 0.15) is 48.4 Å². The van der Waals surface area contributed by atoms with Crippen molar-refractivity contribution in [1.82, 2.24) is 0 Å². The lowest BCUT2D eigenvalue weighted by Gasteiger charge is -2.13. The molecule has 0 saturated carbocycles. The van der Waals surface area contributed by atoms with E-state index in [1.165, 1.54) is 30.4 Å². The van der Waals surface area contributed by atoms with Crippen molar-refractivity contribution in [3.63, 3.8) is 0 Å². The molecular weight excluding hydrogens is 214 g/mol. The summed E-state index contributed by atoms with van der Waals surface area (Å²) in [5.74, 6) is -0.840. The van der Waals surface area contributed by atoms with Gasteiger partial charge in [-0.1, -0.05) is 24.6 Å². The van der Waals surface area contributed by atoms with Gasteiger partial charge < -0.3 is 10.8 Å². The van der Waals surface area contributed by atoms with Gasteiger partial charge in [-0.25, -0.2) is 0 Å². The summed E-state index contributed by atoms with van der Waals surface area (Å²) in [4.78, 5) is 10.6. The molecule has 1 aliphatic rings. The number of carboxylic acid groups (broad SMARTS) is 1. The van der Waals surface area contributed by atoms with E-state index >= 15 is 0 Å². The molecule has 0 aliphatic heterocycles. The standard InChI is InChI=1S/C14H19NO2/c15-13(9-14(16)17)12-7-6-10-4-2-1-3-5-11(10)8-12/h6-8,13H,1-5,9,15H2,(H,16,17). The molecule has 1 aromatic carbocycles. The lowest BCUT2D eigenvalue weighted by atomic mass is 9.96. The highest BCUT2D eigenvalue weighted by atomic mass is 16.4.